The number of carbonyl (C=O) groups excluding carboxylic acids is 2. The van der Waals surface area contributed by atoms with Crippen LogP contribution in [0.15, 0.2) is 42.5 Å². The van der Waals surface area contributed by atoms with Crippen molar-refractivity contribution in [3.8, 4) is 22.6 Å². The zero-order valence-corrected chi connectivity index (χ0v) is 18.3. The molecule has 1 N–H and O–H groups in total. The maximum atomic E-state index is 12.2. The summed E-state index contributed by atoms with van der Waals surface area (Å²) in [5.41, 5.74) is 1.79. The lowest BCUT2D eigenvalue weighted by Crippen LogP contribution is -2.35. The van der Waals surface area contributed by atoms with E-state index in [0.717, 1.165) is 16.7 Å². The lowest BCUT2D eigenvalue weighted by molar-refractivity contribution is -0.141. The van der Waals surface area contributed by atoms with Gasteiger partial charge in [0.2, 0.25) is 0 Å². The molecular weight excluding hydrogens is 386 g/mol. The predicted molar refractivity (Wildman–Crippen MR) is 114 cm³/mol. The summed E-state index contributed by atoms with van der Waals surface area (Å²) in [5.74, 6) is 0.923. The number of ether oxygens (including phenoxy) is 4. The van der Waals surface area contributed by atoms with Crippen LogP contribution in [-0.2, 0) is 14.3 Å². The van der Waals surface area contributed by atoms with Gasteiger partial charge in [0.05, 0.1) is 39.4 Å². The van der Waals surface area contributed by atoms with Crippen LogP contribution < -0.4 is 14.8 Å². The van der Waals surface area contributed by atoms with Crippen LogP contribution in [-0.4, -0.2) is 39.0 Å². The van der Waals surface area contributed by atoms with E-state index in [2.05, 4.69) is 5.32 Å². The molecule has 0 fully saturated rings. The van der Waals surface area contributed by atoms with Crippen LogP contribution in [0.3, 0.4) is 0 Å². The number of hydrogen-bond donors (Lipinski definition) is 1. The van der Waals surface area contributed by atoms with Crippen molar-refractivity contribution < 1.29 is 28.5 Å². The van der Waals surface area contributed by atoms with E-state index in [1.165, 1.54) is 7.11 Å². The Morgan fingerprint density at radius 3 is 1.97 bits per heavy atom. The Morgan fingerprint density at radius 1 is 0.933 bits per heavy atom. The van der Waals surface area contributed by atoms with E-state index < -0.39 is 23.7 Å². The molecule has 30 heavy (non-hydrogen) atoms. The van der Waals surface area contributed by atoms with Crippen LogP contribution in [0.5, 0.6) is 11.5 Å². The summed E-state index contributed by atoms with van der Waals surface area (Å²) < 4.78 is 21.0. The maximum Gasteiger partial charge on any atom is 0.408 e. The van der Waals surface area contributed by atoms with Crippen LogP contribution >= 0.6 is 0 Å². The fourth-order valence-electron chi connectivity index (χ4n) is 2.97. The maximum absolute atomic E-state index is 12.2. The van der Waals surface area contributed by atoms with Crippen LogP contribution in [0.4, 0.5) is 4.79 Å². The predicted octanol–water partition coefficient (Wildman–Crippen LogP) is 4.50. The molecule has 0 radical (unpaired) electrons. The van der Waals surface area contributed by atoms with Crippen molar-refractivity contribution >= 4 is 12.1 Å². The fraction of sp³-hybridized carbons (Fsp3) is 0.391. The smallest absolute Gasteiger partial charge is 0.408 e. The third-order valence-electron chi connectivity index (χ3n) is 4.32. The average molecular weight is 415 g/mol. The first-order chi connectivity index (χ1) is 14.2. The monoisotopic (exact) mass is 415 g/mol. The zero-order chi connectivity index (χ0) is 22.3. The molecule has 0 aromatic heterocycles. The molecule has 7 nitrogen and oxygen atoms in total. The Hall–Kier alpha value is -3.22. The first-order valence-electron chi connectivity index (χ1n) is 9.56. The average Bonchev–Trinajstić information content (AvgIpc) is 2.71. The molecule has 0 aliphatic rings. The minimum absolute atomic E-state index is 0.0208. The summed E-state index contributed by atoms with van der Waals surface area (Å²) in [5, 5.41) is 2.75. The molecule has 2 aromatic rings. The van der Waals surface area contributed by atoms with Gasteiger partial charge in [-0.2, -0.15) is 0 Å². The van der Waals surface area contributed by atoms with Crippen molar-refractivity contribution in [3.63, 3.8) is 0 Å². The number of nitrogens with one attached hydrogen (secondary N) is 1. The van der Waals surface area contributed by atoms with Gasteiger partial charge in [0.1, 0.15) is 17.1 Å². The van der Waals surface area contributed by atoms with Crippen LogP contribution in [0, 0.1) is 0 Å². The third-order valence-corrected chi connectivity index (χ3v) is 4.32. The molecule has 1 unspecified atom stereocenters. The molecule has 0 heterocycles. The molecule has 0 saturated heterocycles. The molecule has 1 amide bonds. The number of carbonyl (C=O) groups is 2. The molecule has 2 rings (SSSR count). The Bertz CT molecular complexity index is 848. The second kappa shape index (κ2) is 10.0. The number of alkyl carbamates (subject to hydrolysis) is 1. The minimum atomic E-state index is -0.649. The molecule has 2 aromatic carbocycles. The van der Waals surface area contributed by atoms with E-state index in [-0.39, 0.29) is 6.42 Å². The van der Waals surface area contributed by atoms with Crippen LogP contribution in [0.25, 0.3) is 11.1 Å². The van der Waals surface area contributed by atoms with E-state index in [1.807, 2.05) is 42.5 Å². The summed E-state index contributed by atoms with van der Waals surface area (Å²) in [6.07, 6.45) is -0.626. The summed E-state index contributed by atoms with van der Waals surface area (Å²) in [4.78, 5) is 24.1. The summed E-state index contributed by atoms with van der Waals surface area (Å²) in [7, 11) is 4.51. The SMILES string of the molecule is COC(=O)CC(NC(=O)OC(C)(C)C)c1ccc(-c2c(OC)cccc2OC)cc1. The minimum Gasteiger partial charge on any atom is -0.496 e. The van der Waals surface area contributed by atoms with Gasteiger partial charge in [-0.1, -0.05) is 30.3 Å². The highest BCUT2D eigenvalue weighted by atomic mass is 16.6. The number of methoxy groups -OCH3 is 3. The molecule has 7 heteroatoms. The first-order valence-corrected chi connectivity index (χ1v) is 9.56. The highest BCUT2D eigenvalue weighted by molar-refractivity contribution is 5.77. The first kappa shape index (κ1) is 23.1. The molecule has 162 valence electrons. The van der Waals surface area contributed by atoms with Gasteiger partial charge in [0.15, 0.2) is 0 Å². The van der Waals surface area contributed by atoms with E-state index in [0.29, 0.717) is 11.5 Å². The van der Waals surface area contributed by atoms with Gasteiger partial charge in [0.25, 0.3) is 0 Å². The Labute approximate surface area is 177 Å². The lowest BCUT2D eigenvalue weighted by Gasteiger charge is -2.23. The molecular formula is C23H29NO6. The standard InChI is InChI=1S/C23H29NO6/c1-23(2,3)30-22(26)24-17(14-20(25)29-6)15-10-12-16(13-11-15)21-18(27-4)8-7-9-19(21)28-5/h7-13,17H,14H2,1-6H3,(H,24,26). The summed E-state index contributed by atoms with van der Waals surface area (Å²) in [6, 6.07) is 12.4. The molecule has 0 aliphatic carbocycles. The van der Waals surface area contributed by atoms with E-state index >= 15 is 0 Å². The highest BCUT2D eigenvalue weighted by Crippen LogP contribution is 2.38. The van der Waals surface area contributed by atoms with Gasteiger partial charge in [-0.25, -0.2) is 4.79 Å². The Kier molecular flexibility index (Phi) is 7.69. The van der Waals surface area contributed by atoms with E-state index in [1.54, 1.807) is 35.0 Å². The zero-order valence-electron chi connectivity index (χ0n) is 18.3. The second-order valence-corrected chi connectivity index (χ2v) is 7.64. The quantitative estimate of drug-likeness (QED) is 0.671. The fourth-order valence-corrected chi connectivity index (χ4v) is 2.97. The van der Waals surface area contributed by atoms with Gasteiger partial charge in [-0.05, 0) is 44.0 Å². The number of rotatable bonds is 7. The van der Waals surface area contributed by atoms with Crippen molar-refractivity contribution in [2.45, 2.75) is 38.8 Å². The second-order valence-electron chi connectivity index (χ2n) is 7.64. The van der Waals surface area contributed by atoms with Gasteiger partial charge < -0.3 is 24.3 Å². The van der Waals surface area contributed by atoms with Gasteiger partial charge in [-0.3, -0.25) is 4.79 Å². The highest BCUT2D eigenvalue weighted by Gasteiger charge is 2.23. The molecule has 0 saturated carbocycles. The van der Waals surface area contributed by atoms with Crippen LogP contribution in [0.2, 0.25) is 0 Å². The Balaban J connectivity index is 2.33. The van der Waals surface area contributed by atoms with Crippen LogP contribution in [0.1, 0.15) is 38.8 Å². The largest absolute Gasteiger partial charge is 0.496 e. The number of benzene rings is 2. The normalized spacial score (nSPS) is 11.9. The van der Waals surface area contributed by atoms with Gasteiger partial charge in [-0.15, -0.1) is 0 Å². The lowest BCUT2D eigenvalue weighted by atomic mass is 9.98. The molecule has 0 bridgehead atoms. The Morgan fingerprint density at radius 2 is 1.50 bits per heavy atom. The molecule has 1 atom stereocenters. The number of amides is 1. The summed E-state index contributed by atoms with van der Waals surface area (Å²) >= 11 is 0. The van der Waals surface area contributed by atoms with Crippen molar-refractivity contribution in [1.82, 2.24) is 5.32 Å². The van der Waals surface area contributed by atoms with Crippen molar-refractivity contribution in [1.29, 1.82) is 0 Å². The van der Waals surface area contributed by atoms with Crippen molar-refractivity contribution in [3.05, 3.63) is 48.0 Å². The number of esters is 1. The molecule has 0 spiro atoms. The molecule has 0 aliphatic heterocycles. The summed E-state index contributed by atoms with van der Waals surface area (Å²) in [6.45, 7) is 5.33. The van der Waals surface area contributed by atoms with E-state index in [9.17, 15) is 9.59 Å². The van der Waals surface area contributed by atoms with E-state index in [4.69, 9.17) is 18.9 Å². The van der Waals surface area contributed by atoms with Gasteiger partial charge in [0, 0.05) is 0 Å². The van der Waals surface area contributed by atoms with Gasteiger partial charge >= 0.3 is 12.1 Å². The van der Waals surface area contributed by atoms with Crippen molar-refractivity contribution in [2.24, 2.45) is 0 Å². The third kappa shape index (κ3) is 6.14. The van der Waals surface area contributed by atoms with Crippen molar-refractivity contribution in [2.75, 3.05) is 21.3 Å². The number of hydrogen-bond acceptors (Lipinski definition) is 6. The topological polar surface area (TPSA) is 83.1 Å².